The van der Waals surface area contributed by atoms with Gasteiger partial charge < -0.3 is 0 Å². The number of rotatable bonds is 4. The summed E-state index contributed by atoms with van der Waals surface area (Å²) in [5, 5.41) is 0. The summed E-state index contributed by atoms with van der Waals surface area (Å²) in [6, 6.07) is 10.9. The van der Waals surface area contributed by atoms with E-state index in [4.69, 9.17) is 0 Å². The molecule has 0 fully saturated rings. The SMILES string of the molecule is CCCc1ccc(-c2cc(F)c(C3=[S+]CCCS3)c(F)c2)cc1. The molecule has 1 heterocycles. The summed E-state index contributed by atoms with van der Waals surface area (Å²) in [7, 11) is 0. The van der Waals surface area contributed by atoms with Crippen LogP contribution >= 0.6 is 11.8 Å². The molecule has 23 heavy (non-hydrogen) atoms. The van der Waals surface area contributed by atoms with Crippen LogP contribution in [-0.2, 0) is 17.8 Å². The van der Waals surface area contributed by atoms with Crippen molar-refractivity contribution in [3.8, 4) is 11.1 Å². The van der Waals surface area contributed by atoms with Gasteiger partial charge in [0.25, 0.3) is 4.20 Å². The number of thioether (sulfide) groups is 1. The molecule has 4 heteroatoms. The Kier molecular flexibility index (Phi) is 5.44. The maximum Gasteiger partial charge on any atom is 0.270 e. The van der Waals surface area contributed by atoms with E-state index >= 15 is 0 Å². The van der Waals surface area contributed by atoms with Gasteiger partial charge in [-0.05, 0) is 35.2 Å². The molecule has 2 aromatic carbocycles. The minimum Gasteiger partial charge on any atom is -0.206 e. The zero-order chi connectivity index (χ0) is 16.2. The Morgan fingerprint density at radius 2 is 1.74 bits per heavy atom. The smallest absolute Gasteiger partial charge is 0.206 e. The third-order valence-electron chi connectivity index (χ3n) is 3.83. The van der Waals surface area contributed by atoms with Crippen molar-refractivity contribution in [1.29, 1.82) is 0 Å². The summed E-state index contributed by atoms with van der Waals surface area (Å²) < 4.78 is 29.8. The standard InChI is InChI=1S/C19H19F2S2/c1-2-4-13-5-7-14(8-6-13)15-11-16(20)18(17(21)12-15)19-22-9-3-10-23-19/h5-8,11-12H,2-4,9-10H2,1H3/q+1. The first-order valence-corrected chi connectivity index (χ1v) is 9.87. The zero-order valence-corrected chi connectivity index (χ0v) is 14.7. The van der Waals surface area contributed by atoms with Gasteiger partial charge in [0.2, 0.25) is 0 Å². The van der Waals surface area contributed by atoms with Gasteiger partial charge in [-0.2, -0.15) is 0 Å². The summed E-state index contributed by atoms with van der Waals surface area (Å²) >= 11 is 3.11. The van der Waals surface area contributed by atoms with Crippen LogP contribution in [0.3, 0.4) is 0 Å². The fourth-order valence-electron chi connectivity index (χ4n) is 2.66. The zero-order valence-electron chi connectivity index (χ0n) is 13.1. The molecule has 0 radical (unpaired) electrons. The molecule has 0 aromatic heterocycles. The first-order chi connectivity index (χ1) is 11.2. The van der Waals surface area contributed by atoms with Gasteiger partial charge in [-0.3, -0.25) is 0 Å². The number of benzene rings is 2. The van der Waals surface area contributed by atoms with Gasteiger partial charge in [-0.25, -0.2) is 8.78 Å². The summed E-state index contributed by atoms with van der Waals surface area (Å²) in [5.74, 6) is 0.938. The molecule has 0 bridgehead atoms. The molecule has 3 rings (SSSR count). The van der Waals surface area contributed by atoms with Crippen LogP contribution in [0.25, 0.3) is 11.1 Å². The lowest BCUT2D eigenvalue weighted by Crippen LogP contribution is -2.11. The van der Waals surface area contributed by atoms with Crippen molar-refractivity contribution in [2.45, 2.75) is 26.2 Å². The van der Waals surface area contributed by atoms with Crippen LogP contribution < -0.4 is 0 Å². The molecule has 0 nitrogen and oxygen atoms in total. The van der Waals surface area contributed by atoms with Crippen LogP contribution in [-0.4, -0.2) is 15.7 Å². The summed E-state index contributed by atoms with van der Waals surface area (Å²) in [4.78, 5) is 0. The molecule has 1 aliphatic heterocycles. The van der Waals surface area contributed by atoms with Crippen LogP contribution in [0, 0.1) is 11.6 Å². The maximum atomic E-state index is 14.5. The molecular formula is C19H19F2S2+. The second-order valence-corrected chi connectivity index (χ2v) is 8.07. The molecule has 0 saturated carbocycles. The molecule has 0 atom stereocenters. The van der Waals surface area contributed by atoms with Crippen LogP contribution in [0.15, 0.2) is 36.4 Å². The molecule has 0 unspecified atom stereocenters. The van der Waals surface area contributed by atoms with E-state index in [1.54, 1.807) is 23.1 Å². The molecule has 0 amide bonds. The monoisotopic (exact) mass is 349 g/mol. The predicted molar refractivity (Wildman–Crippen MR) is 99.2 cm³/mol. The van der Waals surface area contributed by atoms with Crippen LogP contribution in [0.1, 0.15) is 30.9 Å². The highest BCUT2D eigenvalue weighted by atomic mass is 32.2. The van der Waals surface area contributed by atoms with Gasteiger partial charge in [0, 0.05) is 12.2 Å². The number of hydrogen-bond donors (Lipinski definition) is 0. The Hall–Kier alpha value is -1.26. The quantitative estimate of drug-likeness (QED) is 0.534. The van der Waals surface area contributed by atoms with E-state index < -0.39 is 11.6 Å². The summed E-state index contributed by atoms with van der Waals surface area (Å²) in [6.45, 7) is 2.14. The third kappa shape index (κ3) is 3.81. The van der Waals surface area contributed by atoms with E-state index in [0.717, 1.165) is 40.5 Å². The average molecular weight is 349 g/mol. The Bertz CT molecular complexity index is 698. The first-order valence-electron chi connectivity index (χ1n) is 7.90. The van der Waals surface area contributed by atoms with E-state index in [9.17, 15) is 8.78 Å². The highest BCUT2D eigenvalue weighted by molar-refractivity contribution is 8.23. The normalized spacial score (nSPS) is 14.7. The first kappa shape index (κ1) is 16.6. The fourth-order valence-corrected chi connectivity index (χ4v) is 5.30. The van der Waals surface area contributed by atoms with E-state index in [2.05, 4.69) is 6.92 Å². The second-order valence-electron chi connectivity index (χ2n) is 5.60. The van der Waals surface area contributed by atoms with Gasteiger partial charge in [0.1, 0.15) is 17.2 Å². The van der Waals surface area contributed by atoms with E-state index in [-0.39, 0.29) is 5.56 Å². The Morgan fingerprint density at radius 3 is 2.30 bits per heavy atom. The third-order valence-corrected chi connectivity index (χ3v) is 6.45. The average Bonchev–Trinajstić information content (AvgIpc) is 2.56. The van der Waals surface area contributed by atoms with Gasteiger partial charge in [0.05, 0.1) is 0 Å². The van der Waals surface area contributed by atoms with E-state index in [1.165, 1.54) is 17.7 Å². The number of aryl methyl sites for hydroxylation is 1. The minimum absolute atomic E-state index is 0.144. The van der Waals surface area contributed by atoms with Gasteiger partial charge in [-0.1, -0.05) is 49.4 Å². The largest absolute Gasteiger partial charge is 0.270 e. The molecule has 0 N–H and O–H groups in total. The van der Waals surface area contributed by atoms with Crippen molar-refractivity contribution in [2.75, 3.05) is 11.5 Å². The van der Waals surface area contributed by atoms with Crippen LogP contribution in [0.4, 0.5) is 8.78 Å². The Morgan fingerprint density at radius 1 is 1.04 bits per heavy atom. The van der Waals surface area contributed by atoms with Crippen molar-refractivity contribution in [1.82, 2.24) is 0 Å². The topological polar surface area (TPSA) is 0 Å². The lowest BCUT2D eigenvalue weighted by molar-refractivity contribution is 0.581. The molecule has 0 spiro atoms. The van der Waals surface area contributed by atoms with E-state index in [1.807, 2.05) is 24.3 Å². The lowest BCUT2D eigenvalue weighted by atomic mass is 10.0. The van der Waals surface area contributed by atoms with Crippen LogP contribution in [0.5, 0.6) is 0 Å². The number of hydrogen-bond acceptors (Lipinski definition) is 1. The Labute approximate surface area is 144 Å². The number of halogens is 2. The minimum atomic E-state index is -0.463. The van der Waals surface area contributed by atoms with Crippen molar-refractivity contribution in [3.63, 3.8) is 0 Å². The van der Waals surface area contributed by atoms with Gasteiger partial charge >= 0.3 is 0 Å². The van der Waals surface area contributed by atoms with Crippen molar-refractivity contribution in [2.24, 2.45) is 0 Å². The molecule has 1 aliphatic rings. The van der Waals surface area contributed by atoms with E-state index in [0.29, 0.717) is 5.56 Å². The highest BCUT2D eigenvalue weighted by Gasteiger charge is 2.26. The summed E-state index contributed by atoms with van der Waals surface area (Å²) in [6.07, 6.45) is 3.20. The van der Waals surface area contributed by atoms with Crippen molar-refractivity contribution >= 4 is 27.3 Å². The fraction of sp³-hybridized carbons (Fsp3) is 0.316. The van der Waals surface area contributed by atoms with Gasteiger partial charge in [0.15, 0.2) is 17.1 Å². The lowest BCUT2D eigenvalue weighted by Gasteiger charge is -2.09. The molecule has 120 valence electrons. The summed E-state index contributed by atoms with van der Waals surface area (Å²) in [5.41, 5.74) is 2.84. The van der Waals surface area contributed by atoms with Crippen molar-refractivity contribution in [3.05, 3.63) is 59.2 Å². The molecule has 2 aromatic rings. The maximum absolute atomic E-state index is 14.5. The second kappa shape index (κ2) is 7.54. The molecule has 0 saturated heterocycles. The van der Waals surface area contributed by atoms with Crippen LogP contribution in [0.2, 0.25) is 0 Å². The predicted octanol–water partition coefficient (Wildman–Crippen LogP) is 5.28. The van der Waals surface area contributed by atoms with Crippen molar-refractivity contribution < 1.29 is 8.78 Å². The molecule has 0 aliphatic carbocycles. The Balaban J connectivity index is 1.94. The van der Waals surface area contributed by atoms with Gasteiger partial charge in [-0.15, -0.1) is 0 Å². The highest BCUT2D eigenvalue weighted by Crippen LogP contribution is 2.28. The molecular weight excluding hydrogens is 330 g/mol.